The number of benzene rings is 1. The normalized spacial score (nSPS) is 10.5. The Labute approximate surface area is 100 Å². The zero-order valence-electron chi connectivity index (χ0n) is 10.1. The molecule has 0 saturated heterocycles. The van der Waals surface area contributed by atoms with Gasteiger partial charge >= 0.3 is 0 Å². The maximum atomic E-state index is 5.56. The lowest BCUT2D eigenvalue weighted by atomic mass is 10.1. The average molecular weight is 232 g/mol. The third-order valence-corrected chi connectivity index (χ3v) is 2.58. The zero-order valence-corrected chi connectivity index (χ0v) is 10.1. The molecule has 0 saturated carbocycles. The quantitative estimate of drug-likeness (QED) is 0.879. The van der Waals surface area contributed by atoms with Gasteiger partial charge in [-0.3, -0.25) is 0 Å². The molecule has 0 radical (unpaired) electrons. The summed E-state index contributed by atoms with van der Waals surface area (Å²) < 4.78 is 10.8. The van der Waals surface area contributed by atoms with Crippen molar-refractivity contribution in [2.75, 3.05) is 7.11 Å². The van der Waals surface area contributed by atoms with Gasteiger partial charge in [-0.15, -0.1) is 0 Å². The van der Waals surface area contributed by atoms with Crippen molar-refractivity contribution in [3.8, 4) is 17.0 Å². The fourth-order valence-corrected chi connectivity index (χ4v) is 1.72. The first-order chi connectivity index (χ1) is 8.28. The molecule has 0 bridgehead atoms. The molecule has 0 aliphatic rings. The predicted molar refractivity (Wildman–Crippen MR) is 65.8 cm³/mol. The lowest BCUT2D eigenvalue weighted by molar-refractivity contribution is 0.415. The third-order valence-electron chi connectivity index (χ3n) is 2.58. The summed E-state index contributed by atoms with van der Waals surface area (Å²) >= 11 is 0. The monoisotopic (exact) mass is 232 g/mol. The Morgan fingerprint density at radius 1 is 1.41 bits per heavy atom. The summed E-state index contributed by atoms with van der Waals surface area (Å²) in [6, 6.07) is 7.76. The van der Waals surface area contributed by atoms with Gasteiger partial charge in [0.25, 0.3) is 0 Å². The molecule has 2 N–H and O–H groups in total. The maximum absolute atomic E-state index is 5.56. The van der Waals surface area contributed by atoms with Crippen LogP contribution in [0.5, 0.6) is 5.75 Å². The van der Waals surface area contributed by atoms with Gasteiger partial charge in [-0.2, -0.15) is 0 Å². The van der Waals surface area contributed by atoms with Crippen LogP contribution in [0, 0.1) is 0 Å². The molecule has 1 aromatic carbocycles. The minimum absolute atomic E-state index is 0.316. The first-order valence-corrected chi connectivity index (χ1v) is 5.61. The highest BCUT2D eigenvalue weighted by molar-refractivity contribution is 5.63. The van der Waals surface area contributed by atoms with Gasteiger partial charge in [0.1, 0.15) is 17.2 Å². The number of methoxy groups -OCH3 is 1. The third kappa shape index (κ3) is 2.31. The van der Waals surface area contributed by atoms with Gasteiger partial charge in [0.15, 0.2) is 0 Å². The number of aryl methyl sites for hydroxylation is 1. The van der Waals surface area contributed by atoms with Crippen LogP contribution in [0.25, 0.3) is 11.3 Å². The Morgan fingerprint density at radius 2 is 2.24 bits per heavy atom. The second-order valence-corrected chi connectivity index (χ2v) is 3.67. The summed E-state index contributed by atoms with van der Waals surface area (Å²) in [6.45, 7) is 2.35. The summed E-state index contributed by atoms with van der Waals surface area (Å²) in [5.74, 6) is 2.24. The van der Waals surface area contributed by atoms with Crippen molar-refractivity contribution in [3.63, 3.8) is 0 Å². The molecule has 4 heteroatoms. The van der Waals surface area contributed by atoms with Crippen LogP contribution in [0.15, 0.2) is 28.7 Å². The van der Waals surface area contributed by atoms with Gasteiger partial charge in [-0.25, -0.2) is 4.98 Å². The number of hydrogen-bond donors (Lipinski definition) is 1. The van der Waals surface area contributed by atoms with Crippen molar-refractivity contribution in [2.24, 2.45) is 5.73 Å². The molecule has 1 heterocycles. The van der Waals surface area contributed by atoms with Gasteiger partial charge in [-0.1, -0.05) is 19.1 Å². The molecular formula is C13H16N2O2. The molecule has 0 amide bonds. The highest BCUT2D eigenvalue weighted by Crippen LogP contribution is 2.27. The predicted octanol–water partition coefficient (Wildman–Crippen LogP) is 2.37. The number of rotatable bonds is 4. The largest absolute Gasteiger partial charge is 0.497 e. The molecule has 0 atom stereocenters. The Morgan fingerprint density at radius 3 is 2.88 bits per heavy atom. The van der Waals surface area contributed by atoms with Crippen LogP contribution < -0.4 is 10.5 Å². The maximum Gasteiger partial charge on any atom is 0.208 e. The smallest absolute Gasteiger partial charge is 0.208 e. The Bertz CT molecular complexity index is 506. The van der Waals surface area contributed by atoms with Crippen molar-refractivity contribution >= 4 is 0 Å². The van der Waals surface area contributed by atoms with Gasteiger partial charge in [-0.05, 0) is 12.1 Å². The number of aromatic nitrogens is 1. The van der Waals surface area contributed by atoms with E-state index in [1.807, 2.05) is 31.2 Å². The lowest BCUT2D eigenvalue weighted by Gasteiger charge is -2.02. The molecule has 2 rings (SSSR count). The molecule has 4 nitrogen and oxygen atoms in total. The molecule has 2 aromatic rings. The summed E-state index contributed by atoms with van der Waals surface area (Å²) in [5, 5.41) is 0. The lowest BCUT2D eigenvalue weighted by Crippen LogP contribution is -1.95. The summed E-state index contributed by atoms with van der Waals surface area (Å²) in [6.07, 6.45) is 0.791. The van der Waals surface area contributed by atoms with E-state index in [4.69, 9.17) is 14.9 Å². The number of hydrogen-bond acceptors (Lipinski definition) is 4. The van der Waals surface area contributed by atoms with Gasteiger partial charge in [0.2, 0.25) is 5.89 Å². The summed E-state index contributed by atoms with van der Waals surface area (Å²) in [4.78, 5) is 4.40. The van der Waals surface area contributed by atoms with Gasteiger partial charge in [0, 0.05) is 12.0 Å². The first kappa shape index (κ1) is 11.7. The highest BCUT2D eigenvalue weighted by Gasteiger charge is 2.13. The Kier molecular flexibility index (Phi) is 3.44. The molecular weight excluding hydrogens is 216 g/mol. The number of oxazole rings is 1. The molecule has 0 aliphatic carbocycles. The van der Waals surface area contributed by atoms with Crippen LogP contribution in [0.2, 0.25) is 0 Å². The van der Waals surface area contributed by atoms with Crippen LogP contribution in [0.1, 0.15) is 18.6 Å². The van der Waals surface area contributed by atoms with Crippen molar-refractivity contribution in [2.45, 2.75) is 19.9 Å². The van der Waals surface area contributed by atoms with E-state index in [2.05, 4.69) is 4.98 Å². The standard InChI is InChI=1S/C13H16N2O2/c1-3-11-13(15-12(8-14)17-11)9-5-4-6-10(7-9)16-2/h4-7H,3,8,14H2,1-2H3. The minimum atomic E-state index is 0.316. The van der Waals surface area contributed by atoms with E-state index >= 15 is 0 Å². The number of nitrogens with two attached hydrogens (primary N) is 1. The second kappa shape index (κ2) is 5.01. The van der Waals surface area contributed by atoms with E-state index in [-0.39, 0.29) is 0 Å². The topological polar surface area (TPSA) is 61.3 Å². The van der Waals surface area contributed by atoms with Crippen LogP contribution >= 0.6 is 0 Å². The zero-order chi connectivity index (χ0) is 12.3. The van der Waals surface area contributed by atoms with E-state index in [0.717, 1.165) is 29.2 Å². The van der Waals surface area contributed by atoms with Crippen LogP contribution in [0.3, 0.4) is 0 Å². The molecule has 0 spiro atoms. The fourth-order valence-electron chi connectivity index (χ4n) is 1.72. The van der Waals surface area contributed by atoms with E-state index < -0.39 is 0 Å². The van der Waals surface area contributed by atoms with Crippen molar-refractivity contribution < 1.29 is 9.15 Å². The number of ether oxygens (including phenoxy) is 1. The van der Waals surface area contributed by atoms with Crippen LogP contribution in [-0.4, -0.2) is 12.1 Å². The van der Waals surface area contributed by atoms with E-state index in [9.17, 15) is 0 Å². The second-order valence-electron chi connectivity index (χ2n) is 3.67. The van der Waals surface area contributed by atoms with Crippen molar-refractivity contribution in [1.29, 1.82) is 0 Å². The Balaban J connectivity index is 2.47. The minimum Gasteiger partial charge on any atom is -0.497 e. The van der Waals surface area contributed by atoms with E-state index in [1.165, 1.54) is 0 Å². The average Bonchev–Trinajstić information content (AvgIpc) is 2.82. The van der Waals surface area contributed by atoms with Crippen LogP contribution in [-0.2, 0) is 13.0 Å². The molecule has 17 heavy (non-hydrogen) atoms. The molecule has 0 fully saturated rings. The first-order valence-electron chi connectivity index (χ1n) is 5.61. The SMILES string of the molecule is CCc1oc(CN)nc1-c1cccc(OC)c1. The summed E-state index contributed by atoms with van der Waals surface area (Å²) in [5.41, 5.74) is 7.38. The summed E-state index contributed by atoms with van der Waals surface area (Å²) in [7, 11) is 1.65. The highest BCUT2D eigenvalue weighted by atomic mass is 16.5. The fraction of sp³-hybridized carbons (Fsp3) is 0.308. The molecule has 0 unspecified atom stereocenters. The molecule has 0 aliphatic heterocycles. The molecule has 90 valence electrons. The van der Waals surface area contributed by atoms with Crippen molar-refractivity contribution in [3.05, 3.63) is 35.9 Å². The van der Waals surface area contributed by atoms with Crippen LogP contribution in [0.4, 0.5) is 0 Å². The number of nitrogens with zero attached hydrogens (tertiary/aromatic N) is 1. The molecule has 1 aromatic heterocycles. The van der Waals surface area contributed by atoms with Gasteiger partial charge in [0.05, 0.1) is 13.7 Å². The van der Waals surface area contributed by atoms with Crippen molar-refractivity contribution in [1.82, 2.24) is 4.98 Å². The van der Waals surface area contributed by atoms with E-state index in [1.54, 1.807) is 7.11 Å². The van der Waals surface area contributed by atoms with Gasteiger partial charge < -0.3 is 14.9 Å². The Hall–Kier alpha value is -1.81. The van der Waals surface area contributed by atoms with E-state index in [0.29, 0.717) is 12.4 Å².